The van der Waals surface area contributed by atoms with E-state index >= 15 is 0 Å². The molecule has 22 heavy (non-hydrogen) atoms. The molecular formula is C15H16O7. The first-order valence-electron chi connectivity index (χ1n) is 6.36. The lowest BCUT2D eigenvalue weighted by molar-refractivity contribution is -0.169. The summed E-state index contributed by atoms with van der Waals surface area (Å²) in [5.41, 5.74) is 1.18. The molecule has 7 heteroatoms. The summed E-state index contributed by atoms with van der Waals surface area (Å²) in [5.74, 6) is -5.23. The van der Waals surface area contributed by atoms with Crippen LogP contribution >= 0.6 is 0 Å². The van der Waals surface area contributed by atoms with E-state index in [0.29, 0.717) is 11.1 Å². The molecule has 2 unspecified atom stereocenters. The van der Waals surface area contributed by atoms with Gasteiger partial charge in [0.15, 0.2) is 0 Å². The molecule has 0 aliphatic heterocycles. The van der Waals surface area contributed by atoms with E-state index in [4.69, 9.17) is 10.2 Å². The Morgan fingerprint density at radius 2 is 1.82 bits per heavy atom. The van der Waals surface area contributed by atoms with Crippen molar-refractivity contribution in [3.8, 4) is 5.75 Å². The normalized spacial score (nSPS) is 13.5. The van der Waals surface area contributed by atoms with Gasteiger partial charge in [0.1, 0.15) is 11.7 Å². The first-order valence-corrected chi connectivity index (χ1v) is 6.36. The third-order valence-corrected chi connectivity index (χ3v) is 2.98. The van der Waals surface area contributed by atoms with E-state index in [1.807, 2.05) is 0 Å². The average Bonchev–Trinajstić information content (AvgIpc) is 2.44. The minimum atomic E-state index is -1.78. The molecule has 0 amide bonds. The Hall–Kier alpha value is -2.83. The number of ether oxygens (including phenoxy) is 1. The highest BCUT2D eigenvalue weighted by Crippen LogP contribution is 2.18. The van der Waals surface area contributed by atoms with Crippen molar-refractivity contribution in [2.45, 2.75) is 20.0 Å². The molecule has 0 spiro atoms. The summed E-state index contributed by atoms with van der Waals surface area (Å²) in [4.78, 5) is 33.3. The summed E-state index contributed by atoms with van der Waals surface area (Å²) in [6, 6.07) is 4.72. The third-order valence-electron chi connectivity index (χ3n) is 2.98. The number of benzene rings is 1. The Kier molecular flexibility index (Phi) is 5.68. The fourth-order valence-electron chi connectivity index (χ4n) is 1.55. The van der Waals surface area contributed by atoms with Gasteiger partial charge < -0.3 is 20.1 Å². The molecule has 0 radical (unpaired) electrons. The van der Waals surface area contributed by atoms with Crippen molar-refractivity contribution < 1.29 is 34.4 Å². The van der Waals surface area contributed by atoms with E-state index in [1.165, 1.54) is 12.1 Å². The first-order chi connectivity index (χ1) is 10.2. The van der Waals surface area contributed by atoms with Crippen LogP contribution in [0.1, 0.15) is 18.1 Å². The number of esters is 1. The van der Waals surface area contributed by atoms with E-state index < -0.39 is 29.9 Å². The second-order valence-corrected chi connectivity index (χ2v) is 4.70. The molecule has 0 bridgehead atoms. The molecule has 1 aromatic rings. The minimum absolute atomic E-state index is 0.0541. The van der Waals surface area contributed by atoms with Gasteiger partial charge in [0.25, 0.3) is 0 Å². The molecule has 0 aliphatic carbocycles. The number of hydrogen-bond donors (Lipinski definition) is 3. The molecule has 0 saturated carbocycles. The molecule has 118 valence electrons. The van der Waals surface area contributed by atoms with Crippen LogP contribution < -0.4 is 0 Å². The highest BCUT2D eigenvalue weighted by Gasteiger charge is 2.33. The molecule has 7 nitrogen and oxygen atoms in total. The second kappa shape index (κ2) is 7.26. The van der Waals surface area contributed by atoms with E-state index in [-0.39, 0.29) is 5.75 Å². The third kappa shape index (κ3) is 4.62. The number of carbonyl (C=O) groups is 3. The predicted octanol–water partition coefficient (Wildman–Crippen LogP) is 1.43. The number of hydrogen-bond acceptors (Lipinski definition) is 5. The number of aliphatic carboxylic acids is 2. The van der Waals surface area contributed by atoms with Gasteiger partial charge in [-0.3, -0.25) is 4.79 Å². The fraction of sp³-hybridized carbons (Fsp3) is 0.267. The number of aromatic hydroxyl groups is 1. The largest absolute Gasteiger partial charge is 0.508 e. The van der Waals surface area contributed by atoms with E-state index in [9.17, 15) is 19.5 Å². The molecule has 1 rings (SSSR count). The number of carbonyl (C=O) groups excluding carboxylic acids is 1. The predicted molar refractivity (Wildman–Crippen MR) is 76.2 cm³/mol. The summed E-state index contributed by atoms with van der Waals surface area (Å²) in [7, 11) is 0. The van der Waals surface area contributed by atoms with Crippen LogP contribution in [0.25, 0.3) is 6.08 Å². The number of phenolic OH excluding ortho intramolecular Hbond substituents is 1. The smallest absolute Gasteiger partial charge is 0.345 e. The van der Waals surface area contributed by atoms with Gasteiger partial charge in [0.05, 0.1) is 0 Å². The zero-order chi connectivity index (χ0) is 16.9. The zero-order valence-electron chi connectivity index (χ0n) is 12.0. The van der Waals surface area contributed by atoms with Crippen LogP contribution in [0.3, 0.4) is 0 Å². The number of aryl methyl sites for hydroxylation is 1. The van der Waals surface area contributed by atoms with E-state index in [2.05, 4.69) is 4.74 Å². The van der Waals surface area contributed by atoms with Crippen LogP contribution in [0.4, 0.5) is 0 Å². The quantitative estimate of drug-likeness (QED) is 0.537. The number of carboxylic acids is 2. The Labute approximate surface area is 126 Å². The molecule has 0 aromatic heterocycles. The molecule has 3 N–H and O–H groups in total. The fourth-order valence-corrected chi connectivity index (χ4v) is 1.55. The van der Waals surface area contributed by atoms with E-state index in [0.717, 1.165) is 13.0 Å². The summed E-state index contributed by atoms with van der Waals surface area (Å²) in [6.07, 6.45) is 0.515. The van der Waals surface area contributed by atoms with Crippen LogP contribution in [0.15, 0.2) is 24.3 Å². The van der Waals surface area contributed by atoms with Gasteiger partial charge in [-0.1, -0.05) is 12.1 Å². The molecular weight excluding hydrogens is 292 g/mol. The van der Waals surface area contributed by atoms with Crippen molar-refractivity contribution in [3.63, 3.8) is 0 Å². The first kappa shape index (κ1) is 17.2. The maximum atomic E-state index is 11.6. The van der Waals surface area contributed by atoms with Crippen molar-refractivity contribution in [1.29, 1.82) is 0 Å². The van der Waals surface area contributed by atoms with Crippen molar-refractivity contribution in [1.82, 2.24) is 0 Å². The van der Waals surface area contributed by atoms with Crippen molar-refractivity contribution in [3.05, 3.63) is 35.4 Å². The van der Waals surface area contributed by atoms with Crippen molar-refractivity contribution in [2.75, 3.05) is 0 Å². The average molecular weight is 308 g/mol. The standard InChI is InChI=1S/C15H16O7/c1-8-3-4-10(7-11(8)16)5-6-12(17)22-13(15(20)21)9(2)14(18)19/h3-7,9,13,16H,1-2H3,(H,18,19)(H,20,21)/b6-5+. The summed E-state index contributed by atoms with van der Waals surface area (Å²) >= 11 is 0. The van der Waals surface area contributed by atoms with Gasteiger partial charge in [0.2, 0.25) is 6.10 Å². The van der Waals surface area contributed by atoms with Gasteiger partial charge in [0, 0.05) is 6.08 Å². The van der Waals surface area contributed by atoms with Gasteiger partial charge >= 0.3 is 17.9 Å². The summed E-state index contributed by atoms with van der Waals surface area (Å²) in [6.45, 7) is 2.85. The maximum absolute atomic E-state index is 11.6. The maximum Gasteiger partial charge on any atom is 0.345 e. The highest BCUT2D eigenvalue weighted by molar-refractivity contribution is 5.90. The topological polar surface area (TPSA) is 121 Å². The van der Waals surface area contributed by atoms with Gasteiger partial charge in [-0.2, -0.15) is 0 Å². The SMILES string of the molecule is Cc1ccc(/C=C/C(=O)OC(C(=O)O)C(C)C(=O)O)cc1O. The lowest BCUT2D eigenvalue weighted by atomic mass is 10.1. The van der Waals surface area contributed by atoms with Crippen molar-refractivity contribution >= 4 is 24.0 Å². The molecule has 0 heterocycles. The molecule has 1 aromatic carbocycles. The second-order valence-electron chi connectivity index (χ2n) is 4.70. The van der Waals surface area contributed by atoms with Gasteiger partial charge in [-0.15, -0.1) is 0 Å². The number of rotatable bonds is 6. The molecule has 0 saturated heterocycles. The molecule has 0 fully saturated rings. The van der Waals surface area contributed by atoms with E-state index in [1.54, 1.807) is 19.1 Å². The number of carboxylic acid groups (broad SMARTS) is 2. The van der Waals surface area contributed by atoms with Crippen LogP contribution in [0.5, 0.6) is 5.75 Å². The van der Waals surface area contributed by atoms with Crippen molar-refractivity contribution in [2.24, 2.45) is 5.92 Å². The minimum Gasteiger partial charge on any atom is -0.508 e. The van der Waals surface area contributed by atoms with Crippen LogP contribution in [0.2, 0.25) is 0 Å². The van der Waals surface area contributed by atoms with Crippen LogP contribution in [-0.4, -0.2) is 39.3 Å². The van der Waals surface area contributed by atoms with Crippen LogP contribution in [-0.2, 0) is 19.1 Å². The molecule has 0 aliphatic rings. The summed E-state index contributed by atoms with van der Waals surface area (Å²) in [5, 5.41) is 27.2. The Bertz CT molecular complexity index is 618. The lowest BCUT2D eigenvalue weighted by Crippen LogP contribution is -2.36. The highest BCUT2D eigenvalue weighted by atomic mass is 16.6. The van der Waals surface area contributed by atoms with Crippen LogP contribution in [0, 0.1) is 12.8 Å². The Balaban J connectivity index is 2.78. The lowest BCUT2D eigenvalue weighted by Gasteiger charge is -2.16. The Morgan fingerprint density at radius 3 is 2.32 bits per heavy atom. The monoisotopic (exact) mass is 308 g/mol. The number of phenols is 1. The van der Waals surface area contributed by atoms with Gasteiger partial charge in [-0.25, -0.2) is 9.59 Å². The molecule has 2 atom stereocenters. The van der Waals surface area contributed by atoms with Gasteiger partial charge in [-0.05, 0) is 37.1 Å². The Morgan fingerprint density at radius 1 is 1.18 bits per heavy atom. The zero-order valence-corrected chi connectivity index (χ0v) is 12.0. The summed E-state index contributed by atoms with van der Waals surface area (Å²) < 4.78 is 4.64.